The molecule has 2 heterocycles. The minimum atomic E-state index is -0.0885. The van der Waals surface area contributed by atoms with Crippen molar-refractivity contribution in [2.45, 2.75) is 20.5 Å². The van der Waals surface area contributed by atoms with Gasteiger partial charge in [-0.3, -0.25) is 4.79 Å². The van der Waals surface area contributed by atoms with Crippen LogP contribution in [0.1, 0.15) is 27.8 Å². The van der Waals surface area contributed by atoms with Crippen molar-refractivity contribution in [3.63, 3.8) is 0 Å². The smallest absolute Gasteiger partial charge is 0.274 e. The summed E-state index contributed by atoms with van der Waals surface area (Å²) in [6.45, 7) is 4.35. The van der Waals surface area contributed by atoms with Gasteiger partial charge in [-0.1, -0.05) is 59.9 Å². The topological polar surface area (TPSA) is 67.4 Å². The third-order valence-electron chi connectivity index (χ3n) is 6.58. The van der Waals surface area contributed by atoms with Crippen molar-refractivity contribution >= 4 is 44.2 Å². The van der Waals surface area contributed by atoms with Gasteiger partial charge in [0.25, 0.3) is 5.56 Å². The highest BCUT2D eigenvalue weighted by Crippen LogP contribution is 2.30. The van der Waals surface area contributed by atoms with Crippen LogP contribution in [-0.4, -0.2) is 9.38 Å². The molecule has 0 fully saturated rings. The fraction of sp³-hybridized carbons (Fsp3) is 0.100. The zero-order valence-corrected chi connectivity index (χ0v) is 20.6. The molecular formula is C30H21N3O2S. The Morgan fingerprint density at radius 2 is 1.81 bits per heavy atom. The molecule has 36 heavy (non-hydrogen) atoms. The van der Waals surface area contributed by atoms with E-state index in [1.807, 2.05) is 79.7 Å². The summed E-state index contributed by atoms with van der Waals surface area (Å²) < 4.78 is 8.53. The van der Waals surface area contributed by atoms with E-state index in [0.29, 0.717) is 20.8 Å². The molecule has 5 nitrogen and oxygen atoms in total. The molecule has 6 heteroatoms. The Morgan fingerprint density at radius 1 is 1.03 bits per heavy atom. The largest absolute Gasteiger partial charge is 0.488 e. The molecule has 0 N–H and O–H groups in total. The van der Waals surface area contributed by atoms with Crippen LogP contribution in [0.5, 0.6) is 5.75 Å². The van der Waals surface area contributed by atoms with Crippen molar-refractivity contribution in [1.82, 2.24) is 9.38 Å². The summed E-state index contributed by atoms with van der Waals surface area (Å²) >= 11 is 1.38. The van der Waals surface area contributed by atoms with Crippen LogP contribution in [0.4, 0.5) is 0 Å². The lowest BCUT2D eigenvalue weighted by atomic mass is 10.0. The van der Waals surface area contributed by atoms with Gasteiger partial charge in [-0.05, 0) is 66.1 Å². The fourth-order valence-electron chi connectivity index (χ4n) is 4.51. The van der Waals surface area contributed by atoms with Crippen molar-refractivity contribution in [2.24, 2.45) is 0 Å². The summed E-state index contributed by atoms with van der Waals surface area (Å²) in [7, 11) is 0. The molecule has 0 spiro atoms. The molecule has 0 radical (unpaired) electrons. The van der Waals surface area contributed by atoms with Crippen LogP contribution in [0.15, 0.2) is 77.6 Å². The second-order valence-electron chi connectivity index (χ2n) is 8.83. The van der Waals surface area contributed by atoms with Gasteiger partial charge in [-0.2, -0.15) is 5.26 Å². The van der Waals surface area contributed by atoms with Gasteiger partial charge in [-0.25, -0.2) is 9.38 Å². The zero-order chi connectivity index (χ0) is 24.8. The molecular weight excluding hydrogens is 466 g/mol. The third kappa shape index (κ3) is 3.62. The van der Waals surface area contributed by atoms with Gasteiger partial charge < -0.3 is 4.74 Å². The van der Waals surface area contributed by atoms with Crippen molar-refractivity contribution < 1.29 is 4.74 Å². The molecule has 0 aliphatic heterocycles. The Labute approximate surface area is 211 Å². The Hall–Kier alpha value is -4.47. The number of aromatic nitrogens is 2. The lowest BCUT2D eigenvalue weighted by Crippen LogP contribution is -2.22. The van der Waals surface area contributed by atoms with Crippen LogP contribution in [0, 0.1) is 25.2 Å². The predicted octanol–water partition coefficient (Wildman–Crippen LogP) is 5.68. The quantitative estimate of drug-likeness (QED) is 0.321. The number of nitrogens with zero attached hydrogens (tertiary/aromatic N) is 3. The minimum Gasteiger partial charge on any atom is -0.488 e. The minimum absolute atomic E-state index is 0.0885. The first-order valence-corrected chi connectivity index (χ1v) is 12.4. The van der Waals surface area contributed by atoms with Crippen LogP contribution in [0.25, 0.3) is 32.8 Å². The van der Waals surface area contributed by atoms with E-state index in [1.165, 1.54) is 11.3 Å². The van der Waals surface area contributed by atoms with Crippen molar-refractivity contribution in [1.29, 1.82) is 5.26 Å². The SMILES string of the molecule is Cc1cc2nc3s/c(=C\c4c(OCc5ccccc5C#N)ccc5ccccc45)c(=O)n3c2cc1C. The summed E-state index contributed by atoms with van der Waals surface area (Å²) in [5, 5.41) is 11.5. The Morgan fingerprint density at radius 3 is 2.67 bits per heavy atom. The Balaban J connectivity index is 1.52. The van der Waals surface area contributed by atoms with Gasteiger partial charge in [0.2, 0.25) is 0 Å². The standard InChI is InChI=1S/C30H21N3O2S/c1-18-13-25-26(14-19(18)2)33-29(34)28(36-30(33)32-25)15-24-23-10-6-5-7-20(23)11-12-27(24)35-17-22-9-4-3-8-21(22)16-31/h3-15H,17H2,1-2H3/b28-15-. The first kappa shape index (κ1) is 22.0. The van der Waals surface area contributed by atoms with E-state index >= 15 is 0 Å². The van der Waals surface area contributed by atoms with E-state index in [9.17, 15) is 10.1 Å². The number of thiazole rings is 1. The van der Waals surface area contributed by atoms with Gasteiger partial charge in [0, 0.05) is 11.1 Å². The molecule has 2 aromatic heterocycles. The maximum Gasteiger partial charge on any atom is 0.274 e. The average molecular weight is 488 g/mol. The number of nitriles is 1. The highest BCUT2D eigenvalue weighted by atomic mass is 32.1. The number of hydrogen-bond acceptors (Lipinski definition) is 5. The molecule has 4 aromatic carbocycles. The van der Waals surface area contributed by atoms with Crippen LogP contribution in [0.2, 0.25) is 0 Å². The highest BCUT2D eigenvalue weighted by Gasteiger charge is 2.14. The molecule has 0 unspecified atom stereocenters. The summed E-state index contributed by atoms with van der Waals surface area (Å²) in [6.07, 6.45) is 1.91. The first-order chi connectivity index (χ1) is 17.5. The monoisotopic (exact) mass is 487 g/mol. The van der Waals surface area contributed by atoms with E-state index < -0.39 is 0 Å². The van der Waals surface area contributed by atoms with E-state index in [1.54, 1.807) is 10.5 Å². The van der Waals surface area contributed by atoms with Gasteiger partial charge in [0.1, 0.15) is 12.4 Å². The number of fused-ring (bicyclic) bond motifs is 4. The molecule has 0 saturated carbocycles. The third-order valence-corrected chi connectivity index (χ3v) is 7.55. The van der Waals surface area contributed by atoms with E-state index in [4.69, 9.17) is 9.72 Å². The fourth-order valence-corrected chi connectivity index (χ4v) is 5.48. The number of benzene rings is 4. The maximum absolute atomic E-state index is 13.5. The number of ether oxygens (including phenoxy) is 1. The van der Waals surface area contributed by atoms with Crippen LogP contribution in [-0.2, 0) is 6.61 Å². The van der Waals surface area contributed by atoms with Crippen LogP contribution >= 0.6 is 11.3 Å². The molecule has 0 aliphatic rings. The summed E-state index contributed by atoms with van der Waals surface area (Å²) in [5.74, 6) is 0.656. The van der Waals surface area contributed by atoms with Crippen molar-refractivity contribution in [2.75, 3.05) is 0 Å². The van der Waals surface area contributed by atoms with Crippen molar-refractivity contribution in [3.8, 4) is 11.8 Å². The molecule has 6 aromatic rings. The number of aryl methyl sites for hydroxylation is 2. The maximum atomic E-state index is 13.5. The highest BCUT2D eigenvalue weighted by molar-refractivity contribution is 7.15. The molecule has 174 valence electrons. The van der Waals surface area contributed by atoms with Crippen LogP contribution < -0.4 is 14.8 Å². The second kappa shape index (κ2) is 8.63. The Bertz CT molecular complexity index is 1960. The van der Waals surface area contributed by atoms with Crippen LogP contribution in [0.3, 0.4) is 0 Å². The lowest BCUT2D eigenvalue weighted by molar-refractivity contribution is 0.305. The van der Waals surface area contributed by atoms with Gasteiger partial charge in [0.15, 0.2) is 4.96 Å². The van der Waals surface area contributed by atoms with E-state index in [0.717, 1.165) is 44.1 Å². The molecule has 6 rings (SSSR count). The molecule has 0 atom stereocenters. The molecule has 0 aliphatic carbocycles. The van der Waals surface area contributed by atoms with E-state index in [2.05, 4.69) is 13.0 Å². The van der Waals surface area contributed by atoms with E-state index in [-0.39, 0.29) is 12.2 Å². The van der Waals surface area contributed by atoms with Gasteiger partial charge >= 0.3 is 0 Å². The number of imidazole rings is 1. The summed E-state index contributed by atoms with van der Waals surface area (Å²) in [6, 6.07) is 25.7. The average Bonchev–Trinajstić information content (AvgIpc) is 3.39. The zero-order valence-electron chi connectivity index (χ0n) is 19.8. The van der Waals surface area contributed by atoms with Crippen molar-refractivity contribution in [3.05, 3.63) is 115 Å². The normalized spacial score (nSPS) is 12.0. The molecule has 0 saturated heterocycles. The predicted molar refractivity (Wildman–Crippen MR) is 145 cm³/mol. The Kier molecular flexibility index (Phi) is 5.28. The molecule has 0 amide bonds. The summed E-state index contributed by atoms with van der Waals surface area (Å²) in [5.41, 5.74) is 6.09. The lowest BCUT2D eigenvalue weighted by Gasteiger charge is -2.12. The number of hydrogen-bond donors (Lipinski definition) is 0. The van der Waals surface area contributed by atoms with Gasteiger partial charge in [-0.15, -0.1) is 0 Å². The second-order valence-corrected chi connectivity index (χ2v) is 9.84. The summed E-state index contributed by atoms with van der Waals surface area (Å²) in [4.78, 5) is 18.9. The van der Waals surface area contributed by atoms with Gasteiger partial charge in [0.05, 0.1) is 27.2 Å². The first-order valence-electron chi connectivity index (χ1n) is 11.6. The molecule has 0 bridgehead atoms. The number of rotatable bonds is 4.